The van der Waals surface area contributed by atoms with E-state index in [-0.39, 0.29) is 25.4 Å². The van der Waals surface area contributed by atoms with Crippen LogP contribution in [0.3, 0.4) is 0 Å². The molecule has 0 bridgehead atoms. The molecule has 4 aromatic rings. The monoisotopic (exact) mass is 664 g/mol. The van der Waals surface area contributed by atoms with Crippen molar-refractivity contribution in [3.63, 3.8) is 0 Å². The quantitative estimate of drug-likeness (QED) is 0.102. The lowest BCUT2D eigenvalue weighted by Gasteiger charge is -2.39. The molecule has 4 aromatic carbocycles. The van der Waals surface area contributed by atoms with Gasteiger partial charge in [-0.3, -0.25) is 20.2 Å². The Morgan fingerprint density at radius 1 is 0.898 bits per heavy atom. The number of aryl methyl sites for hydroxylation is 1. The number of amides is 1. The Labute approximate surface area is 283 Å². The summed E-state index contributed by atoms with van der Waals surface area (Å²) in [6.07, 6.45) is 0. The van der Waals surface area contributed by atoms with E-state index in [9.17, 15) is 19.7 Å². The van der Waals surface area contributed by atoms with Crippen LogP contribution < -0.4 is 19.9 Å². The number of non-ortho nitro benzene ring substituents is 1. The van der Waals surface area contributed by atoms with E-state index < -0.39 is 40.0 Å². The second-order valence-corrected chi connectivity index (χ2v) is 11.8. The molecule has 1 saturated heterocycles. The van der Waals surface area contributed by atoms with Gasteiger partial charge in [-0.2, -0.15) is 0 Å². The number of nitrogens with one attached hydrogen (secondary N) is 1. The predicted molar refractivity (Wildman–Crippen MR) is 181 cm³/mol. The topological polar surface area (TPSA) is 141 Å². The van der Waals surface area contributed by atoms with Crippen molar-refractivity contribution in [2.45, 2.75) is 44.6 Å². The highest BCUT2D eigenvalue weighted by molar-refractivity contribution is 6.15. The minimum atomic E-state index is -2.32. The van der Waals surface area contributed by atoms with E-state index in [1.165, 1.54) is 31.4 Å². The van der Waals surface area contributed by atoms with E-state index in [0.717, 1.165) is 11.1 Å². The molecule has 1 amide bonds. The molecule has 12 heteroatoms. The summed E-state index contributed by atoms with van der Waals surface area (Å²) >= 11 is 0. The van der Waals surface area contributed by atoms with Gasteiger partial charge in [0, 0.05) is 23.4 Å². The molecule has 0 aromatic heterocycles. The van der Waals surface area contributed by atoms with Crippen molar-refractivity contribution < 1.29 is 33.5 Å². The first-order valence-electron chi connectivity index (χ1n) is 15.9. The number of carbonyl (C=O) groups is 3. The summed E-state index contributed by atoms with van der Waals surface area (Å²) in [6.45, 7) is 5.17. The van der Waals surface area contributed by atoms with Gasteiger partial charge in [0.25, 0.3) is 11.6 Å². The molecule has 0 radical (unpaired) electrons. The third kappa shape index (κ3) is 5.34. The number of hydrogen-bond donors (Lipinski definition) is 1. The number of ether oxygens (including phenoxy) is 3. The molecule has 2 aliphatic heterocycles. The van der Waals surface area contributed by atoms with Gasteiger partial charge in [-0.1, -0.05) is 54.1 Å². The minimum Gasteiger partial charge on any atom is -0.497 e. The maximum atomic E-state index is 15.4. The first-order chi connectivity index (χ1) is 23.6. The average molecular weight is 665 g/mol. The Morgan fingerprint density at radius 2 is 1.53 bits per heavy atom. The number of methoxy groups -OCH3 is 1. The van der Waals surface area contributed by atoms with Crippen LogP contribution in [0.15, 0.2) is 97.1 Å². The second-order valence-electron chi connectivity index (χ2n) is 11.8. The van der Waals surface area contributed by atoms with Crippen LogP contribution in [0.1, 0.15) is 42.1 Å². The number of nitro groups is 1. The Hall–Kier alpha value is -5.75. The maximum absolute atomic E-state index is 15.4. The largest absolute Gasteiger partial charge is 0.497 e. The Bertz CT molecular complexity index is 1880. The Kier molecular flexibility index (Phi) is 8.83. The number of nitro benzene ring substituents is 1. The van der Waals surface area contributed by atoms with Gasteiger partial charge in [-0.25, -0.2) is 9.59 Å². The van der Waals surface area contributed by atoms with E-state index in [4.69, 9.17) is 14.2 Å². The molecule has 0 aliphatic carbocycles. The minimum absolute atomic E-state index is 0.0754. The average Bonchev–Trinajstić information content (AvgIpc) is 3.55. The number of carbonyl (C=O) groups excluding carboxylic acids is 3. The molecule has 2 aliphatic rings. The molecule has 2 heterocycles. The molecule has 0 unspecified atom stereocenters. The molecule has 2 atom stereocenters. The summed E-state index contributed by atoms with van der Waals surface area (Å²) in [6, 6.07) is 26.2. The zero-order valence-electron chi connectivity index (χ0n) is 27.5. The molecular weight excluding hydrogens is 628 g/mol. The Balaban J connectivity index is 1.70. The molecule has 6 rings (SSSR count). The third-order valence-corrected chi connectivity index (χ3v) is 8.94. The highest BCUT2D eigenvalue weighted by atomic mass is 16.6. The maximum Gasteiger partial charge on any atom is 0.340 e. The number of nitrogens with zero attached hydrogens (tertiary/aromatic N) is 3. The van der Waals surface area contributed by atoms with Crippen molar-refractivity contribution >= 4 is 34.9 Å². The van der Waals surface area contributed by atoms with Crippen LogP contribution in [0.25, 0.3) is 0 Å². The van der Waals surface area contributed by atoms with Crippen LogP contribution in [0.5, 0.6) is 5.75 Å². The number of benzene rings is 4. The van der Waals surface area contributed by atoms with Crippen molar-refractivity contribution in [3.8, 4) is 5.75 Å². The van der Waals surface area contributed by atoms with E-state index in [2.05, 4.69) is 5.32 Å². The Morgan fingerprint density at radius 3 is 2.10 bits per heavy atom. The van der Waals surface area contributed by atoms with Crippen LogP contribution in [-0.2, 0) is 36.1 Å². The zero-order valence-corrected chi connectivity index (χ0v) is 27.5. The van der Waals surface area contributed by atoms with Crippen molar-refractivity contribution in [1.82, 2.24) is 5.32 Å². The summed E-state index contributed by atoms with van der Waals surface area (Å²) in [5.41, 5.74) is -0.806. The summed E-state index contributed by atoms with van der Waals surface area (Å²) in [5, 5.41) is 15.0. The van der Waals surface area contributed by atoms with Gasteiger partial charge in [0.1, 0.15) is 5.75 Å². The second kappa shape index (κ2) is 13.0. The lowest BCUT2D eigenvalue weighted by Crippen LogP contribution is -2.64. The summed E-state index contributed by atoms with van der Waals surface area (Å²) in [4.78, 5) is 58.8. The van der Waals surface area contributed by atoms with Crippen LogP contribution in [0.2, 0.25) is 0 Å². The zero-order chi connectivity index (χ0) is 34.9. The van der Waals surface area contributed by atoms with Gasteiger partial charge in [0.05, 0.1) is 43.5 Å². The number of esters is 2. The van der Waals surface area contributed by atoms with Crippen LogP contribution in [-0.4, -0.2) is 48.6 Å². The first kappa shape index (κ1) is 33.2. The molecule has 1 fully saturated rings. The van der Waals surface area contributed by atoms with Crippen molar-refractivity contribution in [1.29, 1.82) is 0 Å². The first-order valence-corrected chi connectivity index (χ1v) is 15.9. The lowest BCUT2D eigenvalue weighted by atomic mass is 9.85. The standard InChI is InChI=1S/C37H36N4O8/c1-5-48-34(43)36(35(44)49-6-2)32(26-13-15-28(16-14-26)41(45)46)40(27-17-19-29(47-4)20-18-27)37(38-36)30-22-24(3)12-21-31(30)39(33(37)42)23-25-10-8-7-9-11-25/h7-22,32,38H,5-6,23H2,1-4H3/t32-,37-/m0/s1. The molecule has 1 N–H and O–H groups in total. The van der Waals surface area contributed by atoms with Gasteiger partial charge in [0.2, 0.25) is 11.2 Å². The molecule has 252 valence electrons. The molecule has 49 heavy (non-hydrogen) atoms. The number of fused-ring (bicyclic) bond motifs is 2. The fraction of sp³-hybridized carbons (Fsp3) is 0.270. The molecule has 12 nitrogen and oxygen atoms in total. The summed E-state index contributed by atoms with van der Waals surface area (Å²) in [5.74, 6) is -1.83. The third-order valence-electron chi connectivity index (χ3n) is 8.94. The number of hydrogen-bond acceptors (Lipinski definition) is 10. The molecular formula is C37H36N4O8. The van der Waals surface area contributed by atoms with E-state index in [1.807, 2.05) is 55.5 Å². The van der Waals surface area contributed by atoms with E-state index in [0.29, 0.717) is 28.3 Å². The van der Waals surface area contributed by atoms with Gasteiger partial charge in [0.15, 0.2) is 0 Å². The van der Waals surface area contributed by atoms with E-state index >= 15 is 4.79 Å². The SMILES string of the molecule is CCOC(=O)C1(C(=O)OCC)N[C@]2(C(=O)N(Cc3ccccc3)c3ccc(C)cc32)N(c2ccc(OC)cc2)[C@H]1c1ccc([N+](=O)[O-])cc1. The fourth-order valence-electron chi connectivity index (χ4n) is 6.83. The van der Waals surface area contributed by atoms with Gasteiger partial charge >= 0.3 is 11.9 Å². The number of rotatable bonds is 10. The van der Waals surface area contributed by atoms with Gasteiger partial charge < -0.3 is 24.0 Å². The van der Waals surface area contributed by atoms with Gasteiger partial charge in [-0.15, -0.1) is 0 Å². The van der Waals surface area contributed by atoms with Crippen LogP contribution in [0, 0.1) is 17.0 Å². The normalized spacial score (nSPS) is 19.1. The smallest absolute Gasteiger partial charge is 0.340 e. The predicted octanol–water partition coefficient (Wildman–Crippen LogP) is 5.33. The van der Waals surface area contributed by atoms with Crippen molar-refractivity contribution in [2.75, 3.05) is 30.1 Å². The highest BCUT2D eigenvalue weighted by Gasteiger charge is 2.74. The molecule has 0 saturated carbocycles. The number of anilines is 2. The fourth-order valence-corrected chi connectivity index (χ4v) is 6.83. The van der Waals surface area contributed by atoms with E-state index in [1.54, 1.807) is 47.9 Å². The summed E-state index contributed by atoms with van der Waals surface area (Å²) < 4.78 is 16.7. The summed E-state index contributed by atoms with van der Waals surface area (Å²) in [7, 11) is 1.53. The van der Waals surface area contributed by atoms with Crippen molar-refractivity contribution in [2.24, 2.45) is 0 Å². The van der Waals surface area contributed by atoms with Crippen LogP contribution >= 0.6 is 0 Å². The highest BCUT2D eigenvalue weighted by Crippen LogP contribution is 2.57. The van der Waals surface area contributed by atoms with Crippen molar-refractivity contribution in [3.05, 3.63) is 129 Å². The molecule has 1 spiro atoms. The van der Waals surface area contributed by atoms with Crippen LogP contribution in [0.4, 0.5) is 17.1 Å². The van der Waals surface area contributed by atoms with Gasteiger partial charge in [-0.05, 0) is 68.3 Å². The lowest BCUT2D eigenvalue weighted by molar-refractivity contribution is -0.384.